The average Bonchev–Trinajstić information content (AvgIpc) is 2.66. The fourth-order valence-electron chi connectivity index (χ4n) is 3.63. The van der Waals surface area contributed by atoms with Gasteiger partial charge in [0.15, 0.2) is 0 Å². The van der Waals surface area contributed by atoms with Crippen molar-refractivity contribution in [3.8, 4) is 5.88 Å². The molecule has 0 amide bonds. The summed E-state index contributed by atoms with van der Waals surface area (Å²) in [5.74, 6) is -1.42. The second-order valence-corrected chi connectivity index (χ2v) is 6.22. The van der Waals surface area contributed by atoms with Crippen molar-refractivity contribution in [2.24, 2.45) is 11.8 Å². The number of rotatable bonds is 5. The van der Waals surface area contributed by atoms with Crippen LogP contribution < -0.4 is 4.74 Å². The van der Waals surface area contributed by atoms with E-state index in [9.17, 15) is 9.59 Å². The topological polar surface area (TPSA) is 74.7 Å². The van der Waals surface area contributed by atoms with E-state index in [-0.39, 0.29) is 25.2 Å². The summed E-state index contributed by atoms with van der Waals surface area (Å²) in [6, 6.07) is 7.74. The van der Waals surface area contributed by atoms with Crippen molar-refractivity contribution in [2.45, 2.75) is 26.7 Å². The Morgan fingerprint density at radius 3 is 2.15 bits per heavy atom. The third kappa shape index (κ3) is 3.23. The molecule has 0 saturated carbocycles. The molecule has 2 aromatic rings. The van der Waals surface area contributed by atoms with Gasteiger partial charge in [0.2, 0.25) is 5.88 Å². The van der Waals surface area contributed by atoms with Crippen LogP contribution in [0.15, 0.2) is 24.3 Å². The first-order valence-corrected chi connectivity index (χ1v) is 8.88. The highest BCUT2D eigenvalue weighted by atomic mass is 16.5. The van der Waals surface area contributed by atoms with Crippen molar-refractivity contribution in [1.29, 1.82) is 0 Å². The van der Waals surface area contributed by atoms with Crippen molar-refractivity contribution >= 4 is 22.8 Å². The zero-order valence-corrected chi connectivity index (χ0v) is 15.3. The summed E-state index contributed by atoms with van der Waals surface area (Å²) >= 11 is 0. The molecule has 6 nitrogen and oxygen atoms in total. The van der Waals surface area contributed by atoms with Crippen LogP contribution in [0.4, 0.5) is 0 Å². The first kappa shape index (κ1) is 18.2. The lowest BCUT2D eigenvalue weighted by Crippen LogP contribution is -2.39. The van der Waals surface area contributed by atoms with Crippen LogP contribution in [0, 0.1) is 11.8 Å². The van der Waals surface area contributed by atoms with Crippen LogP contribution >= 0.6 is 0 Å². The molecular weight excluding hydrogens is 334 g/mol. The van der Waals surface area contributed by atoms with E-state index in [1.54, 1.807) is 21.0 Å². The molecule has 0 N–H and O–H groups in total. The van der Waals surface area contributed by atoms with E-state index < -0.39 is 11.8 Å². The highest BCUT2D eigenvalue weighted by molar-refractivity contribution is 5.88. The number of para-hydroxylation sites is 1. The van der Waals surface area contributed by atoms with Gasteiger partial charge < -0.3 is 14.2 Å². The molecule has 0 radical (unpaired) electrons. The first-order valence-electron chi connectivity index (χ1n) is 8.88. The summed E-state index contributed by atoms with van der Waals surface area (Å²) in [6.45, 7) is 4.06. The first-order chi connectivity index (χ1) is 12.6. The lowest BCUT2D eigenvalue weighted by Gasteiger charge is -2.31. The molecule has 1 aliphatic carbocycles. The van der Waals surface area contributed by atoms with E-state index >= 15 is 0 Å². The number of hydrogen-bond donors (Lipinski definition) is 0. The maximum Gasteiger partial charge on any atom is 0.310 e. The van der Waals surface area contributed by atoms with E-state index in [4.69, 9.17) is 14.2 Å². The Bertz CT molecular complexity index is 832. The quantitative estimate of drug-likeness (QED) is 0.766. The molecule has 0 aliphatic heterocycles. The van der Waals surface area contributed by atoms with Gasteiger partial charge in [-0.3, -0.25) is 9.59 Å². The average molecular weight is 357 g/mol. The van der Waals surface area contributed by atoms with Gasteiger partial charge in [-0.2, -0.15) is 0 Å². The van der Waals surface area contributed by atoms with Crippen LogP contribution in [-0.4, -0.2) is 37.2 Å². The zero-order valence-electron chi connectivity index (χ0n) is 15.3. The van der Waals surface area contributed by atoms with Crippen molar-refractivity contribution in [3.63, 3.8) is 0 Å². The Morgan fingerprint density at radius 2 is 1.58 bits per heavy atom. The molecule has 26 heavy (non-hydrogen) atoms. The number of fused-ring (bicyclic) bond motifs is 3. The molecule has 0 spiro atoms. The van der Waals surface area contributed by atoms with Crippen LogP contribution in [0.1, 0.15) is 25.0 Å². The predicted molar refractivity (Wildman–Crippen MR) is 95.9 cm³/mol. The third-order valence-corrected chi connectivity index (χ3v) is 4.78. The standard InChI is InChI=1S/C20H23NO5/c1-4-25-19(22)15-10-13-12-8-6-7-9-17(12)21-18(24-3)14(13)11-16(15)20(23)26-5-2/h6-9,15-16H,4-5,10-11H2,1-3H3/t15-,16-/m1/s1. The van der Waals surface area contributed by atoms with Crippen molar-refractivity contribution in [2.75, 3.05) is 20.3 Å². The van der Waals surface area contributed by atoms with Gasteiger partial charge in [-0.1, -0.05) is 18.2 Å². The molecule has 0 bridgehead atoms. The van der Waals surface area contributed by atoms with Crippen molar-refractivity contribution in [3.05, 3.63) is 35.4 Å². The largest absolute Gasteiger partial charge is 0.481 e. The van der Waals surface area contributed by atoms with Crippen LogP contribution in [0.25, 0.3) is 10.9 Å². The summed E-state index contributed by atoms with van der Waals surface area (Å²) < 4.78 is 15.9. The van der Waals surface area contributed by atoms with Crippen molar-refractivity contribution < 1.29 is 23.8 Å². The predicted octanol–water partition coefficient (Wildman–Crippen LogP) is 2.70. The number of hydrogen-bond acceptors (Lipinski definition) is 6. The smallest absolute Gasteiger partial charge is 0.310 e. The number of ether oxygens (including phenoxy) is 3. The summed E-state index contributed by atoms with van der Waals surface area (Å²) in [5, 5.41) is 0.972. The number of nitrogens with zero attached hydrogens (tertiary/aromatic N) is 1. The second-order valence-electron chi connectivity index (χ2n) is 6.22. The summed E-state index contributed by atoms with van der Waals surface area (Å²) in [6.07, 6.45) is 0.746. The molecule has 0 saturated heterocycles. The number of benzene rings is 1. The molecule has 0 unspecified atom stereocenters. The maximum atomic E-state index is 12.5. The van der Waals surface area contributed by atoms with Gasteiger partial charge in [0, 0.05) is 10.9 Å². The lowest BCUT2D eigenvalue weighted by atomic mass is 9.75. The number of pyridine rings is 1. The number of esters is 2. The van der Waals surface area contributed by atoms with E-state index in [2.05, 4.69) is 4.98 Å². The Hall–Kier alpha value is -2.63. The third-order valence-electron chi connectivity index (χ3n) is 4.78. The summed E-state index contributed by atoms with van der Waals surface area (Å²) in [7, 11) is 1.56. The fraction of sp³-hybridized carbons (Fsp3) is 0.450. The minimum Gasteiger partial charge on any atom is -0.481 e. The summed E-state index contributed by atoms with van der Waals surface area (Å²) in [5.41, 5.74) is 2.66. The molecule has 1 heterocycles. The van der Waals surface area contributed by atoms with Gasteiger partial charge in [-0.15, -0.1) is 0 Å². The molecule has 6 heteroatoms. The summed E-state index contributed by atoms with van der Waals surface area (Å²) in [4.78, 5) is 29.6. The van der Waals surface area contributed by atoms with Gasteiger partial charge in [-0.25, -0.2) is 4.98 Å². The molecule has 1 aliphatic rings. The van der Waals surface area contributed by atoms with Gasteiger partial charge in [0.05, 0.1) is 37.7 Å². The zero-order chi connectivity index (χ0) is 18.7. The monoisotopic (exact) mass is 357 g/mol. The van der Waals surface area contributed by atoms with E-state index in [0.717, 1.165) is 22.0 Å². The van der Waals surface area contributed by atoms with Gasteiger partial charge in [0.25, 0.3) is 0 Å². The number of carbonyl (C=O) groups excluding carboxylic acids is 2. The molecule has 0 fully saturated rings. The lowest BCUT2D eigenvalue weighted by molar-refractivity contribution is -0.160. The highest BCUT2D eigenvalue weighted by Gasteiger charge is 2.41. The Kier molecular flexibility index (Phi) is 5.40. The van der Waals surface area contributed by atoms with Gasteiger partial charge in [0.1, 0.15) is 0 Å². The number of methoxy groups -OCH3 is 1. The highest BCUT2D eigenvalue weighted by Crippen LogP contribution is 2.39. The number of carbonyl (C=O) groups is 2. The van der Waals surface area contributed by atoms with Gasteiger partial charge >= 0.3 is 11.9 Å². The van der Waals surface area contributed by atoms with Gasteiger partial charge in [-0.05, 0) is 38.3 Å². The Balaban J connectivity index is 2.12. The molecule has 2 atom stereocenters. The fourth-order valence-corrected chi connectivity index (χ4v) is 3.63. The minimum atomic E-state index is -0.599. The normalized spacial score (nSPS) is 18.9. The minimum absolute atomic E-state index is 0.269. The van der Waals surface area contributed by atoms with Crippen LogP contribution in [0.5, 0.6) is 5.88 Å². The van der Waals surface area contributed by atoms with E-state index in [1.807, 2.05) is 24.3 Å². The molecular formula is C20H23NO5. The van der Waals surface area contributed by atoms with E-state index in [1.165, 1.54) is 0 Å². The van der Waals surface area contributed by atoms with Crippen LogP contribution in [-0.2, 0) is 31.9 Å². The Morgan fingerprint density at radius 1 is 1.00 bits per heavy atom. The van der Waals surface area contributed by atoms with E-state index in [0.29, 0.717) is 18.7 Å². The molecule has 3 rings (SSSR count). The molecule has 1 aromatic heterocycles. The number of aromatic nitrogens is 1. The van der Waals surface area contributed by atoms with Crippen molar-refractivity contribution in [1.82, 2.24) is 4.98 Å². The van der Waals surface area contributed by atoms with Crippen LogP contribution in [0.2, 0.25) is 0 Å². The van der Waals surface area contributed by atoms with Crippen LogP contribution in [0.3, 0.4) is 0 Å². The maximum absolute atomic E-state index is 12.5. The molecule has 138 valence electrons. The second kappa shape index (κ2) is 7.72. The molecule has 1 aromatic carbocycles. The Labute approximate surface area is 152 Å². The SMILES string of the molecule is CCOC(=O)[C@@H]1Cc2c(OC)nc3ccccc3c2C[C@H]1C(=O)OCC.